The highest BCUT2D eigenvalue weighted by atomic mass is 16.5. The molecule has 1 aromatic rings. The van der Waals surface area contributed by atoms with Crippen LogP contribution in [0.5, 0.6) is 11.5 Å². The molecule has 1 aliphatic carbocycles. The van der Waals surface area contributed by atoms with Gasteiger partial charge in [0.2, 0.25) is 0 Å². The Kier molecular flexibility index (Phi) is 5.83. The van der Waals surface area contributed by atoms with Gasteiger partial charge < -0.3 is 19.7 Å². The quantitative estimate of drug-likeness (QED) is 0.665. The van der Waals surface area contributed by atoms with E-state index >= 15 is 0 Å². The molecule has 0 bridgehead atoms. The summed E-state index contributed by atoms with van der Waals surface area (Å²) in [6, 6.07) is 6.19. The number of hydrogen-bond donors (Lipinski definition) is 1. The first-order chi connectivity index (χ1) is 11.8. The second-order valence-corrected chi connectivity index (χ2v) is 6.60. The molecule has 1 N–H and O–H groups in total. The van der Waals surface area contributed by atoms with Gasteiger partial charge in [-0.25, -0.2) is 0 Å². The van der Waals surface area contributed by atoms with Crippen LogP contribution in [0.2, 0.25) is 0 Å². The van der Waals surface area contributed by atoms with E-state index < -0.39 is 0 Å². The zero-order valence-corrected chi connectivity index (χ0v) is 14.9. The van der Waals surface area contributed by atoms with Crippen LogP contribution in [0.3, 0.4) is 0 Å². The maximum Gasteiger partial charge on any atom is 0.193 e. The van der Waals surface area contributed by atoms with Crippen molar-refractivity contribution in [2.24, 2.45) is 4.99 Å². The number of benzene rings is 1. The first kappa shape index (κ1) is 16.9. The highest BCUT2D eigenvalue weighted by Crippen LogP contribution is 2.32. The molecule has 132 valence electrons. The Balaban J connectivity index is 1.64. The largest absolute Gasteiger partial charge is 0.493 e. The molecular weight excluding hydrogens is 302 g/mol. The molecule has 2 aliphatic rings. The second kappa shape index (κ2) is 8.27. The first-order valence-corrected chi connectivity index (χ1v) is 9.09. The summed E-state index contributed by atoms with van der Waals surface area (Å²) >= 11 is 0. The van der Waals surface area contributed by atoms with E-state index in [1.807, 2.05) is 13.1 Å². The summed E-state index contributed by atoms with van der Waals surface area (Å²) in [5.41, 5.74) is 1.18. The molecule has 0 aromatic heterocycles. The van der Waals surface area contributed by atoms with Crippen LogP contribution in [0.15, 0.2) is 23.2 Å². The van der Waals surface area contributed by atoms with Crippen LogP contribution in [0.1, 0.15) is 44.1 Å². The fourth-order valence-corrected chi connectivity index (χ4v) is 3.55. The molecule has 2 fully saturated rings. The maximum atomic E-state index is 6.18. The number of nitrogens with zero attached hydrogens (tertiary/aromatic N) is 2. The molecule has 0 spiro atoms. The fourth-order valence-electron chi connectivity index (χ4n) is 3.55. The molecule has 24 heavy (non-hydrogen) atoms. The van der Waals surface area contributed by atoms with Gasteiger partial charge in [-0.2, -0.15) is 0 Å². The third-order valence-corrected chi connectivity index (χ3v) is 4.89. The van der Waals surface area contributed by atoms with Gasteiger partial charge in [0.25, 0.3) is 0 Å². The van der Waals surface area contributed by atoms with Crippen molar-refractivity contribution in [3.63, 3.8) is 0 Å². The van der Waals surface area contributed by atoms with Gasteiger partial charge >= 0.3 is 0 Å². The molecule has 1 aliphatic heterocycles. The van der Waals surface area contributed by atoms with Crippen molar-refractivity contribution in [1.82, 2.24) is 10.2 Å². The summed E-state index contributed by atoms with van der Waals surface area (Å²) in [7, 11) is 3.55. The summed E-state index contributed by atoms with van der Waals surface area (Å²) < 4.78 is 11.6. The van der Waals surface area contributed by atoms with Crippen molar-refractivity contribution in [2.45, 2.75) is 51.2 Å². The number of methoxy groups -OCH3 is 1. The van der Waals surface area contributed by atoms with E-state index in [9.17, 15) is 0 Å². The monoisotopic (exact) mass is 331 g/mol. The predicted octanol–water partition coefficient (Wildman–Crippen LogP) is 3.19. The van der Waals surface area contributed by atoms with Gasteiger partial charge in [0.05, 0.1) is 13.2 Å². The van der Waals surface area contributed by atoms with Crippen molar-refractivity contribution in [2.75, 3.05) is 27.2 Å². The highest BCUT2D eigenvalue weighted by Gasteiger charge is 2.19. The average Bonchev–Trinajstić information content (AvgIpc) is 3.30. The lowest BCUT2D eigenvalue weighted by Crippen LogP contribution is -2.39. The van der Waals surface area contributed by atoms with Crippen LogP contribution < -0.4 is 14.8 Å². The Labute approximate surface area is 145 Å². The number of guanidine groups is 1. The lowest BCUT2D eigenvalue weighted by Gasteiger charge is -2.21. The highest BCUT2D eigenvalue weighted by molar-refractivity contribution is 5.80. The van der Waals surface area contributed by atoms with Crippen LogP contribution in [-0.2, 0) is 6.54 Å². The summed E-state index contributed by atoms with van der Waals surface area (Å²) in [6.45, 7) is 2.94. The van der Waals surface area contributed by atoms with Crippen molar-refractivity contribution in [3.8, 4) is 11.5 Å². The van der Waals surface area contributed by atoms with E-state index in [0.717, 1.165) is 49.9 Å². The Morgan fingerprint density at radius 2 is 1.92 bits per heavy atom. The van der Waals surface area contributed by atoms with Crippen molar-refractivity contribution >= 4 is 5.96 Å². The maximum absolute atomic E-state index is 6.18. The minimum absolute atomic E-state index is 0.333. The van der Waals surface area contributed by atoms with Crippen LogP contribution in [0, 0.1) is 0 Å². The van der Waals surface area contributed by atoms with Gasteiger partial charge in [-0.05, 0) is 56.2 Å². The molecule has 5 heteroatoms. The Hall–Kier alpha value is -1.91. The van der Waals surface area contributed by atoms with Crippen LogP contribution in [-0.4, -0.2) is 44.2 Å². The van der Waals surface area contributed by atoms with E-state index in [1.165, 1.54) is 31.2 Å². The van der Waals surface area contributed by atoms with Crippen LogP contribution in [0.25, 0.3) is 0 Å². The van der Waals surface area contributed by atoms with Gasteiger partial charge in [0.1, 0.15) is 0 Å². The average molecular weight is 331 g/mol. The molecule has 0 radical (unpaired) electrons. The Morgan fingerprint density at radius 1 is 1.17 bits per heavy atom. The summed E-state index contributed by atoms with van der Waals surface area (Å²) in [5, 5.41) is 3.47. The lowest BCUT2D eigenvalue weighted by atomic mass is 10.2. The number of nitrogens with one attached hydrogen (secondary N) is 1. The summed E-state index contributed by atoms with van der Waals surface area (Å²) in [5.74, 6) is 2.66. The summed E-state index contributed by atoms with van der Waals surface area (Å²) in [6.07, 6.45) is 7.66. The third kappa shape index (κ3) is 4.13. The Morgan fingerprint density at radius 3 is 2.58 bits per heavy atom. The Bertz CT molecular complexity index is 562. The van der Waals surface area contributed by atoms with Gasteiger partial charge in [-0.3, -0.25) is 4.99 Å². The second-order valence-electron chi connectivity index (χ2n) is 6.60. The van der Waals surface area contributed by atoms with Crippen molar-refractivity contribution < 1.29 is 9.47 Å². The van der Waals surface area contributed by atoms with E-state index in [0.29, 0.717) is 6.10 Å². The molecule has 0 unspecified atom stereocenters. The molecule has 3 rings (SSSR count). The number of hydrogen-bond acceptors (Lipinski definition) is 3. The van der Waals surface area contributed by atoms with Crippen LogP contribution >= 0.6 is 0 Å². The van der Waals surface area contributed by atoms with E-state index in [2.05, 4.69) is 27.3 Å². The molecular formula is C19H29N3O2. The first-order valence-electron chi connectivity index (χ1n) is 9.09. The molecule has 1 aromatic carbocycles. The molecule has 0 atom stereocenters. The van der Waals surface area contributed by atoms with Crippen molar-refractivity contribution in [3.05, 3.63) is 23.8 Å². The van der Waals surface area contributed by atoms with E-state index in [4.69, 9.17) is 9.47 Å². The number of rotatable bonds is 5. The number of ether oxygens (including phenoxy) is 2. The molecule has 0 amide bonds. The summed E-state index contributed by atoms with van der Waals surface area (Å²) in [4.78, 5) is 6.72. The SMILES string of the molecule is CN=C(NCc1ccc(OC)c(OC2CCCC2)c1)N1CCCC1. The minimum Gasteiger partial charge on any atom is -0.493 e. The van der Waals surface area contributed by atoms with Gasteiger partial charge in [0, 0.05) is 26.7 Å². The van der Waals surface area contributed by atoms with Gasteiger partial charge in [-0.15, -0.1) is 0 Å². The topological polar surface area (TPSA) is 46.1 Å². The van der Waals surface area contributed by atoms with E-state index in [-0.39, 0.29) is 0 Å². The van der Waals surface area contributed by atoms with Gasteiger partial charge in [-0.1, -0.05) is 6.07 Å². The normalized spacial score (nSPS) is 18.9. The van der Waals surface area contributed by atoms with Crippen LogP contribution in [0.4, 0.5) is 0 Å². The van der Waals surface area contributed by atoms with E-state index in [1.54, 1.807) is 7.11 Å². The van der Waals surface area contributed by atoms with Gasteiger partial charge in [0.15, 0.2) is 17.5 Å². The van der Waals surface area contributed by atoms with Crippen molar-refractivity contribution in [1.29, 1.82) is 0 Å². The molecule has 1 saturated carbocycles. The smallest absolute Gasteiger partial charge is 0.193 e. The zero-order valence-electron chi connectivity index (χ0n) is 14.9. The molecule has 5 nitrogen and oxygen atoms in total. The minimum atomic E-state index is 0.333. The number of aliphatic imine (C=N–C) groups is 1. The standard InChI is InChI=1S/C19H29N3O2/c1-20-19(22-11-5-6-12-22)21-14-15-9-10-17(23-2)18(13-15)24-16-7-3-4-8-16/h9-10,13,16H,3-8,11-12,14H2,1-2H3,(H,20,21). The lowest BCUT2D eigenvalue weighted by molar-refractivity contribution is 0.200. The molecule has 1 heterocycles. The molecule has 1 saturated heterocycles. The zero-order chi connectivity index (χ0) is 16.8. The third-order valence-electron chi connectivity index (χ3n) is 4.89. The fraction of sp³-hybridized carbons (Fsp3) is 0.632. The predicted molar refractivity (Wildman–Crippen MR) is 96.9 cm³/mol. The number of likely N-dealkylation sites (tertiary alicyclic amines) is 1.